The predicted octanol–water partition coefficient (Wildman–Crippen LogP) is 3.87. The van der Waals surface area contributed by atoms with Crippen LogP contribution in [0.15, 0.2) is 80.8 Å². The molecule has 1 aromatic carbocycles. The molecule has 5 rings (SSSR count). The number of aliphatic imine (C=N–C) groups is 1. The first kappa shape index (κ1) is 23.6. The van der Waals surface area contributed by atoms with Crippen LogP contribution in [-0.2, 0) is 9.84 Å². The molecule has 1 aromatic rings. The average Bonchev–Trinajstić information content (AvgIpc) is 3.59. The Kier molecular flexibility index (Phi) is 5.93. The first-order chi connectivity index (χ1) is 16.8. The maximum absolute atomic E-state index is 13.1. The second-order valence-corrected chi connectivity index (χ2v) is 12.2. The van der Waals surface area contributed by atoms with Crippen molar-refractivity contribution >= 4 is 44.8 Å². The molecule has 1 saturated carbocycles. The quantitative estimate of drug-likeness (QED) is 0.431. The average molecular weight is 508 g/mol. The SMILES string of the molecule is C=CSC1=C(N)C2CC2(NC2=CC=CNc3cc4c(cc32)S(=O)(=O)CC=C4C(N)=CC=NC)CC1. The minimum absolute atomic E-state index is 0.0961. The standard InChI is InChI=1S/C26H29N5O2S2/c1-3-34-23-6-9-26(15-19(26)25(23)28)31-21-5-4-10-30-22-13-17-16(20(27)7-11-29-2)8-12-35(32,33)24(17)14-18(21)22/h3-5,7-8,10-11,13-14,19,30-31H,1,6,9,12,15,27-28H2,2H3. The van der Waals surface area contributed by atoms with Gasteiger partial charge in [0.15, 0.2) is 9.84 Å². The molecule has 0 amide bonds. The molecule has 2 heterocycles. The van der Waals surface area contributed by atoms with Crippen LogP contribution in [0.25, 0.3) is 11.3 Å². The normalized spacial score (nSPS) is 26.5. The van der Waals surface area contributed by atoms with Gasteiger partial charge in [-0.25, -0.2) is 8.42 Å². The van der Waals surface area contributed by atoms with Crippen molar-refractivity contribution in [2.24, 2.45) is 22.4 Å². The van der Waals surface area contributed by atoms with E-state index in [1.807, 2.05) is 29.8 Å². The molecule has 0 saturated heterocycles. The van der Waals surface area contributed by atoms with E-state index in [0.717, 1.165) is 41.9 Å². The second kappa shape index (κ2) is 8.80. The van der Waals surface area contributed by atoms with Gasteiger partial charge in [-0.05, 0) is 55.0 Å². The Labute approximate surface area is 210 Å². The molecule has 2 aliphatic heterocycles. The van der Waals surface area contributed by atoms with Gasteiger partial charge in [-0.2, -0.15) is 0 Å². The number of nitrogens with two attached hydrogens (primary N) is 2. The zero-order chi connectivity index (χ0) is 24.8. The summed E-state index contributed by atoms with van der Waals surface area (Å²) in [6.07, 6.45) is 13.5. The number of allylic oxidation sites excluding steroid dienone is 5. The molecule has 9 heteroatoms. The molecule has 7 nitrogen and oxygen atoms in total. The number of fused-ring (bicyclic) bond motifs is 3. The summed E-state index contributed by atoms with van der Waals surface area (Å²) in [4.78, 5) is 5.44. The fourth-order valence-electron chi connectivity index (χ4n) is 5.14. The summed E-state index contributed by atoms with van der Waals surface area (Å²) < 4.78 is 26.2. The van der Waals surface area contributed by atoms with E-state index in [9.17, 15) is 8.42 Å². The Bertz CT molecular complexity index is 1400. The fraction of sp³-hybridized carbons (Fsp3) is 0.269. The van der Waals surface area contributed by atoms with Crippen LogP contribution in [0, 0.1) is 5.92 Å². The van der Waals surface area contributed by atoms with Crippen molar-refractivity contribution < 1.29 is 8.42 Å². The molecule has 2 aliphatic carbocycles. The largest absolute Gasteiger partial charge is 0.401 e. The van der Waals surface area contributed by atoms with Crippen LogP contribution in [0.1, 0.15) is 30.4 Å². The first-order valence-electron chi connectivity index (χ1n) is 11.5. The third-order valence-electron chi connectivity index (χ3n) is 7.03. The molecule has 0 aromatic heterocycles. The van der Waals surface area contributed by atoms with Gasteiger partial charge < -0.3 is 22.1 Å². The molecule has 6 N–H and O–H groups in total. The number of hydrogen-bond donors (Lipinski definition) is 4. The van der Waals surface area contributed by atoms with Crippen LogP contribution in [-0.4, -0.2) is 33.0 Å². The van der Waals surface area contributed by atoms with Crippen LogP contribution in [0.2, 0.25) is 0 Å². The Balaban J connectivity index is 1.54. The first-order valence-corrected chi connectivity index (χ1v) is 14.0. The van der Waals surface area contributed by atoms with E-state index in [-0.39, 0.29) is 22.1 Å². The molecule has 2 unspecified atom stereocenters. The highest BCUT2D eigenvalue weighted by Gasteiger charge is 2.58. The van der Waals surface area contributed by atoms with Crippen LogP contribution in [0.3, 0.4) is 0 Å². The third-order valence-corrected chi connectivity index (χ3v) is 9.54. The number of hydrogen-bond acceptors (Lipinski definition) is 8. The van der Waals surface area contributed by atoms with E-state index in [1.54, 1.807) is 43.2 Å². The molecule has 4 aliphatic rings. The summed E-state index contributed by atoms with van der Waals surface area (Å²) in [5.41, 5.74) is 17.9. The number of thioether (sulfide) groups is 1. The lowest BCUT2D eigenvalue weighted by molar-refractivity contribution is 0.491. The van der Waals surface area contributed by atoms with E-state index in [2.05, 4.69) is 22.2 Å². The molecule has 35 heavy (non-hydrogen) atoms. The molecular formula is C26H29N5O2S2. The third kappa shape index (κ3) is 4.12. The summed E-state index contributed by atoms with van der Waals surface area (Å²) in [7, 11) is -1.83. The summed E-state index contributed by atoms with van der Waals surface area (Å²) in [6, 6.07) is 3.64. The Morgan fingerprint density at radius 3 is 2.97 bits per heavy atom. The summed E-state index contributed by atoms with van der Waals surface area (Å²) in [5.74, 6) is 0.172. The van der Waals surface area contributed by atoms with Gasteiger partial charge in [-0.15, -0.1) is 11.8 Å². The molecule has 0 spiro atoms. The number of nitrogens with zero attached hydrogens (tertiary/aromatic N) is 1. The molecule has 0 bridgehead atoms. The fourth-order valence-corrected chi connectivity index (χ4v) is 7.21. The monoisotopic (exact) mass is 507 g/mol. The van der Waals surface area contributed by atoms with Crippen molar-refractivity contribution in [3.63, 3.8) is 0 Å². The van der Waals surface area contributed by atoms with E-state index >= 15 is 0 Å². The molecule has 0 radical (unpaired) electrons. The molecular weight excluding hydrogens is 478 g/mol. The number of nitrogens with one attached hydrogen (secondary N) is 2. The Morgan fingerprint density at radius 1 is 1.37 bits per heavy atom. The van der Waals surface area contributed by atoms with E-state index < -0.39 is 9.84 Å². The van der Waals surface area contributed by atoms with Crippen LogP contribution >= 0.6 is 11.8 Å². The van der Waals surface area contributed by atoms with Gasteiger partial charge in [0, 0.05) is 75.3 Å². The van der Waals surface area contributed by atoms with Gasteiger partial charge in [0.25, 0.3) is 0 Å². The maximum atomic E-state index is 13.1. The smallest absolute Gasteiger partial charge is 0.182 e. The van der Waals surface area contributed by atoms with Gasteiger partial charge in [-0.1, -0.05) is 12.7 Å². The second-order valence-electron chi connectivity index (χ2n) is 9.11. The van der Waals surface area contributed by atoms with Gasteiger partial charge >= 0.3 is 0 Å². The number of rotatable bonds is 6. The van der Waals surface area contributed by atoms with Gasteiger partial charge in [0.05, 0.1) is 10.6 Å². The summed E-state index contributed by atoms with van der Waals surface area (Å²) in [6.45, 7) is 3.82. The van der Waals surface area contributed by atoms with E-state index in [4.69, 9.17) is 11.5 Å². The van der Waals surface area contributed by atoms with Crippen molar-refractivity contribution in [1.82, 2.24) is 5.32 Å². The minimum atomic E-state index is -3.49. The predicted molar refractivity (Wildman–Crippen MR) is 146 cm³/mol. The lowest BCUT2D eigenvalue weighted by atomic mass is 9.95. The van der Waals surface area contributed by atoms with Gasteiger partial charge in [0.2, 0.25) is 0 Å². The molecule has 2 atom stereocenters. The number of benzene rings is 1. The van der Waals surface area contributed by atoms with Gasteiger partial charge in [-0.3, -0.25) is 4.99 Å². The van der Waals surface area contributed by atoms with E-state index in [0.29, 0.717) is 16.8 Å². The van der Waals surface area contributed by atoms with Crippen molar-refractivity contribution in [1.29, 1.82) is 0 Å². The highest BCUT2D eigenvalue weighted by molar-refractivity contribution is 8.05. The zero-order valence-electron chi connectivity index (χ0n) is 19.5. The van der Waals surface area contributed by atoms with Crippen molar-refractivity contribution in [3.05, 3.63) is 82.0 Å². The van der Waals surface area contributed by atoms with Crippen molar-refractivity contribution in [3.8, 4) is 0 Å². The van der Waals surface area contributed by atoms with Crippen LogP contribution < -0.4 is 22.1 Å². The molecule has 1 fully saturated rings. The Hall–Kier alpha value is -3.17. The topological polar surface area (TPSA) is 123 Å². The lowest BCUT2D eigenvalue weighted by Crippen LogP contribution is -2.36. The van der Waals surface area contributed by atoms with Crippen molar-refractivity contribution in [2.45, 2.75) is 29.7 Å². The lowest BCUT2D eigenvalue weighted by Gasteiger charge is -2.29. The minimum Gasteiger partial charge on any atom is -0.401 e. The Morgan fingerprint density at radius 2 is 2.20 bits per heavy atom. The maximum Gasteiger partial charge on any atom is 0.182 e. The van der Waals surface area contributed by atoms with E-state index in [1.165, 1.54) is 4.91 Å². The molecule has 182 valence electrons. The summed E-state index contributed by atoms with van der Waals surface area (Å²) in [5, 5.41) is 8.88. The summed E-state index contributed by atoms with van der Waals surface area (Å²) >= 11 is 1.61. The highest BCUT2D eigenvalue weighted by Crippen LogP contribution is 2.57. The highest BCUT2D eigenvalue weighted by atomic mass is 32.2. The van der Waals surface area contributed by atoms with Gasteiger partial charge in [0.1, 0.15) is 0 Å². The van der Waals surface area contributed by atoms with Crippen molar-refractivity contribution in [2.75, 3.05) is 18.1 Å². The van der Waals surface area contributed by atoms with Crippen LogP contribution in [0.5, 0.6) is 0 Å². The number of sulfone groups is 1. The zero-order valence-corrected chi connectivity index (χ0v) is 21.2. The number of anilines is 1. The van der Waals surface area contributed by atoms with Crippen LogP contribution in [0.4, 0.5) is 5.69 Å².